The van der Waals surface area contributed by atoms with Crippen LogP contribution in [0.25, 0.3) is 0 Å². The molecule has 8 heavy (non-hydrogen) atoms. The van der Waals surface area contributed by atoms with Crippen LogP contribution >= 0.6 is 0 Å². The molecule has 0 aliphatic rings. The van der Waals surface area contributed by atoms with Crippen molar-refractivity contribution >= 4 is 9.84 Å². The van der Waals surface area contributed by atoms with Crippen molar-refractivity contribution in [3.63, 3.8) is 0 Å². The van der Waals surface area contributed by atoms with Crippen LogP contribution in [-0.4, -0.2) is 14.7 Å². The van der Waals surface area contributed by atoms with E-state index in [1.807, 2.05) is 0 Å². The van der Waals surface area contributed by atoms with Crippen molar-refractivity contribution in [1.82, 2.24) is 0 Å². The minimum Gasteiger partial charge on any atom is -0.224 e. The van der Waals surface area contributed by atoms with E-state index in [1.165, 1.54) is 6.26 Å². The summed E-state index contributed by atoms with van der Waals surface area (Å²) >= 11 is 0. The van der Waals surface area contributed by atoms with Crippen LogP contribution in [0.3, 0.4) is 0 Å². The first-order valence-corrected chi connectivity index (χ1v) is 4.25. The van der Waals surface area contributed by atoms with Gasteiger partial charge in [-0.3, -0.25) is 0 Å². The number of rotatable bonds is 2. The molecule has 0 amide bonds. The van der Waals surface area contributed by atoms with E-state index in [9.17, 15) is 8.42 Å². The van der Waals surface area contributed by atoms with Crippen molar-refractivity contribution in [2.75, 3.05) is 6.26 Å². The van der Waals surface area contributed by atoms with Gasteiger partial charge in [-0.05, 0) is 6.42 Å². The molecule has 48 valence electrons. The maximum Gasteiger partial charge on any atom is 0.171 e. The molecular weight excluding hydrogens is 124 g/mol. The molecule has 0 aromatic carbocycles. The van der Waals surface area contributed by atoms with Gasteiger partial charge in [0.15, 0.2) is 9.84 Å². The number of allylic oxidation sites excluding steroid dienone is 1. The average molecular weight is 134 g/mol. The van der Waals surface area contributed by atoms with E-state index in [-0.39, 0.29) is 0 Å². The van der Waals surface area contributed by atoms with Crippen LogP contribution in [0.15, 0.2) is 11.5 Å². The fraction of sp³-hybridized carbons (Fsp3) is 0.600. The van der Waals surface area contributed by atoms with Crippen LogP contribution in [0, 0.1) is 0 Å². The quantitative estimate of drug-likeness (QED) is 0.563. The van der Waals surface area contributed by atoms with E-state index in [1.54, 1.807) is 6.92 Å². The summed E-state index contributed by atoms with van der Waals surface area (Å²) in [4.78, 5) is 0.303. The van der Waals surface area contributed by atoms with Gasteiger partial charge < -0.3 is 0 Å². The van der Waals surface area contributed by atoms with Gasteiger partial charge in [0.1, 0.15) is 0 Å². The molecule has 0 radical (unpaired) electrons. The van der Waals surface area contributed by atoms with E-state index in [4.69, 9.17) is 0 Å². The minimum atomic E-state index is -2.95. The zero-order chi connectivity index (χ0) is 6.78. The van der Waals surface area contributed by atoms with Crippen LogP contribution < -0.4 is 0 Å². The molecule has 0 aliphatic heterocycles. The zero-order valence-corrected chi connectivity index (χ0v) is 5.96. The molecule has 0 aromatic heterocycles. The van der Waals surface area contributed by atoms with Crippen molar-refractivity contribution in [3.05, 3.63) is 11.5 Å². The van der Waals surface area contributed by atoms with Crippen LogP contribution in [0.5, 0.6) is 0 Å². The van der Waals surface area contributed by atoms with Crippen LogP contribution in [0.1, 0.15) is 13.3 Å². The second-order valence-electron chi connectivity index (χ2n) is 1.66. The van der Waals surface area contributed by atoms with Gasteiger partial charge in [-0.15, -0.1) is 0 Å². The van der Waals surface area contributed by atoms with Gasteiger partial charge in [-0.2, -0.15) is 0 Å². The van der Waals surface area contributed by atoms with Gasteiger partial charge in [0, 0.05) is 11.2 Å². The Morgan fingerprint density at radius 1 is 1.62 bits per heavy atom. The monoisotopic (exact) mass is 134 g/mol. The van der Waals surface area contributed by atoms with Gasteiger partial charge in [-0.1, -0.05) is 13.5 Å². The van der Waals surface area contributed by atoms with E-state index in [0.717, 1.165) is 0 Å². The Labute approximate surface area is 50.1 Å². The van der Waals surface area contributed by atoms with E-state index in [0.29, 0.717) is 11.3 Å². The largest absolute Gasteiger partial charge is 0.224 e. The fourth-order valence-corrected chi connectivity index (χ4v) is 0.787. The third kappa shape index (κ3) is 2.12. The Morgan fingerprint density at radius 3 is 2.00 bits per heavy atom. The highest BCUT2D eigenvalue weighted by molar-refractivity contribution is 7.94. The highest BCUT2D eigenvalue weighted by atomic mass is 32.2. The summed E-state index contributed by atoms with van der Waals surface area (Å²) in [5.41, 5.74) is 0. The van der Waals surface area contributed by atoms with E-state index >= 15 is 0 Å². The minimum absolute atomic E-state index is 0.303. The molecule has 0 bridgehead atoms. The molecule has 0 rings (SSSR count). The molecule has 0 fully saturated rings. The normalized spacial score (nSPS) is 11.2. The lowest BCUT2D eigenvalue weighted by Gasteiger charge is -1.94. The topological polar surface area (TPSA) is 34.1 Å². The third-order valence-corrected chi connectivity index (χ3v) is 2.26. The van der Waals surface area contributed by atoms with Crippen LogP contribution in [-0.2, 0) is 9.84 Å². The summed E-state index contributed by atoms with van der Waals surface area (Å²) in [5.74, 6) is 0. The second kappa shape index (κ2) is 2.31. The van der Waals surface area contributed by atoms with Gasteiger partial charge in [0.25, 0.3) is 0 Å². The Kier molecular flexibility index (Phi) is 2.22. The smallest absolute Gasteiger partial charge is 0.171 e. The lowest BCUT2D eigenvalue weighted by atomic mass is 10.5. The maximum atomic E-state index is 10.5. The SMILES string of the molecule is C=C(CC)S(C)(=O)=O. The molecule has 0 spiro atoms. The van der Waals surface area contributed by atoms with Gasteiger partial charge in [0.05, 0.1) is 0 Å². The highest BCUT2D eigenvalue weighted by Crippen LogP contribution is 2.03. The van der Waals surface area contributed by atoms with E-state index < -0.39 is 9.84 Å². The van der Waals surface area contributed by atoms with Crippen molar-refractivity contribution in [1.29, 1.82) is 0 Å². The summed E-state index contributed by atoms with van der Waals surface area (Å²) in [5, 5.41) is 0. The lowest BCUT2D eigenvalue weighted by Crippen LogP contribution is -1.97. The second-order valence-corrected chi connectivity index (χ2v) is 3.79. The van der Waals surface area contributed by atoms with Crippen LogP contribution in [0.4, 0.5) is 0 Å². The first-order valence-electron chi connectivity index (χ1n) is 2.36. The molecule has 3 heteroatoms. The molecule has 0 heterocycles. The number of sulfone groups is 1. The molecule has 0 N–H and O–H groups in total. The molecule has 0 unspecified atom stereocenters. The van der Waals surface area contributed by atoms with Crippen molar-refractivity contribution in [2.24, 2.45) is 0 Å². The first kappa shape index (κ1) is 7.69. The van der Waals surface area contributed by atoms with Crippen LogP contribution in [0.2, 0.25) is 0 Å². The number of hydrogen-bond donors (Lipinski definition) is 0. The van der Waals surface area contributed by atoms with Crippen molar-refractivity contribution in [3.8, 4) is 0 Å². The molecule has 0 aromatic rings. The average Bonchev–Trinajstić information content (AvgIpc) is 1.62. The summed E-state index contributed by atoms with van der Waals surface area (Å²) in [6.07, 6.45) is 1.68. The molecule has 0 saturated heterocycles. The van der Waals surface area contributed by atoms with Crippen molar-refractivity contribution in [2.45, 2.75) is 13.3 Å². The molecule has 0 aliphatic carbocycles. The van der Waals surface area contributed by atoms with Gasteiger partial charge in [-0.25, -0.2) is 8.42 Å². The number of hydrogen-bond acceptors (Lipinski definition) is 2. The third-order valence-electron chi connectivity index (χ3n) is 0.919. The Bertz CT molecular complexity index is 177. The van der Waals surface area contributed by atoms with E-state index in [2.05, 4.69) is 6.58 Å². The molecule has 0 atom stereocenters. The Hall–Kier alpha value is -0.310. The molecular formula is C5H10O2S. The maximum absolute atomic E-state index is 10.5. The molecule has 2 nitrogen and oxygen atoms in total. The Balaban J connectivity index is 4.29. The highest BCUT2D eigenvalue weighted by Gasteiger charge is 2.03. The Morgan fingerprint density at radius 2 is 2.00 bits per heavy atom. The van der Waals surface area contributed by atoms with Crippen molar-refractivity contribution < 1.29 is 8.42 Å². The summed E-state index contributed by atoms with van der Waals surface area (Å²) in [7, 11) is -2.95. The summed E-state index contributed by atoms with van der Waals surface area (Å²) in [6.45, 7) is 5.12. The first-order chi connectivity index (χ1) is 3.48. The fourth-order valence-electron chi connectivity index (χ4n) is 0.262. The standard InChI is InChI=1S/C5H10O2S/c1-4-5(2)8(3,6)7/h2,4H2,1,3H3. The molecule has 0 saturated carbocycles. The predicted molar refractivity (Wildman–Crippen MR) is 34.3 cm³/mol. The van der Waals surface area contributed by atoms with Gasteiger partial charge in [0.2, 0.25) is 0 Å². The summed E-state index contributed by atoms with van der Waals surface area (Å²) < 4.78 is 20.9. The van der Waals surface area contributed by atoms with Gasteiger partial charge >= 0.3 is 0 Å². The summed E-state index contributed by atoms with van der Waals surface area (Å²) in [6, 6.07) is 0. The lowest BCUT2D eigenvalue weighted by molar-refractivity contribution is 0.606. The zero-order valence-electron chi connectivity index (χ0n) is 5.14. The predicted octanol–water partition coefficient (Wildman–Crippen LogP) is 0.955.